The largest absolute Gasteiger partial charge is 0.361 e. The highest BCUT2D eigenvalue weighted by molar-refractivity contribution is 8.14. The molecule has 0 aliphatic carbocycles. The molecule has 86 valence electrons. The van der Waals surface area contributed by atoms with Crippen molar-refractivity contribution in [2.45, 2.75) is 31.1 Å². The van der Waals surface area contributed by atoms with Crippen LogP contribution >= 0.6 is 11.8 Å². The molecule has 2 heterocycles. The number of hydrogen-bond acceptors (Lipinski definition) is 5. The van der Waals surface area contributed by atoms with E-state index in [0.29, 0.717) is 11.0 Å². The predicted molar refractivity (Wildman–Crippen MR) is 64.2 cm³/mol. The Morgan fingerprint density at radius 3 is 2.93 bits per heavy atom. The molecule has 4 nitrogen and oxygen atoms in total. The van der Waals surface area contributed by atoms with Crippen molar-refractivity contribution in [1.82, 2.24) is 5.32 Å². The number of hydrogen-bond donors (Lipinski definition) is 1. The predicted octanol–water partition coefficient (Wildman–Crippen LogP) is 0.645. The number of rotatable bonds is 2. The lowest BCUT2D eigenvalue weighted by Crippen LogP contribution is -2.33. The van der Waals surface area contributed by atoms with Crippen molar-refractivity contribution in [3.63, 3.8) is 0 Å². The smallest absolute Gasteiger partial charge is 0.157 e. The Labute approximate surface area is 94.8 Å². The second-order valence-electron chi connectivity index (χ2n) is 4.04. The summed E-state index contributed by atoms with van der Waals surface area (Å²) in [7, 11) is -2.78. The summed E-state index contributed by atoms with van der Waals surface area (Å²) in [6, 6.07) is 0.0804. The molecule has 2 aliphatic rings. The fraction of sp³-hybridized carbons (Fsp3) is 0.889. The van der Waals surface area contributed by atoms with Crippen LogP contribution in [0.1, 0.15) is 19.8 Å². The van der Waals surface area contributed by atoms with Crippen molar-refractivity contribution >= 4 is 26.8 Å². The standard InChI is InChI=1S/C9H16N2O2S2/c1-2-8-5-10-9(14-8)11-7-3-4-15(12,13)6-7/h7-8H,2-6H2,1H3,(H,10,11). The Hall–Kier alpha value is -0.230. The molecule has 0 radical (unpaired) electrons. The van der Waals surface area contributed by atoms with E-state index < -0.39 is 9.84 Å². The van der Waals surface area contributed by atoms with Gasteiger partial charge >= 0.3 is 0 Å². The fourth-order valence-corrected chi connectivity index (χ4v) is 4.48. The van der Waals surface area contributed by atoms with Crippen LogP contribution in [0.25, 0.3) is 0 Å². The molecule has 2 unspecified atom stereocenters. The molecule has 0 saturated carbocycles. The maximum Gasteiger partial charge on any atom is 0.157 e. The third-order valence-electron chi connectivity index (χ3n) is 2.73. The van der Waals surface area contributed by atoms with Crippen molar-refractivity contribution in [2.75, 3.05) is 18.1 Å². The van der Waals surface area contributed by atoms with Crippen LogP contribution in [0.5, 0.6) is 0 Å². The van der Waals surface area contributed by atoms with Gasteiger partial charge in [-0.05, 0) is 12.8 Å². The van der Waals surface area contributed by atoms with Gasteiger partial charge < -0.3 is 5.32 Å². The molecule has 0 spiro atoms. The van der Waals surface area contributed by atoms with Crippen LogP contribution in [0.15, 0.2) is 4.99 Å². The first-order valence-corrected chi connectivity index (χ1v) is 7.97. The molecule has 0 aromatic carbocycles. The molecule has 6 heteroatoms. The Kier molecular flexibility index (Phi) is 3.25. The topological polar surface area (TPSA) is 58.5 Å². The van der Waals surface area contributed by atoms with Crippen LogP contribution in [-0.2, 0) is 9.84 Å². The van der Waals surface area contributed by atoms with Gasteiger partial charge in [-0.15, -0.1) is 0 Å². The van der Waals surface area contributed by atoms with Crippen molar-refractivity contribution in [2.24, 2.45) is 4.99 Å². The lowest BCUT2D eigenvalue weighted by Gasteiger charge is -2.11. The van der Waals surface area contributed by atoms with Crippen molar-refractivity contribution < 1.29 is 8.42 Å². The average molecular weight is 248 g/mol. The van der Waals surface area contributed by atoms with Gasteiger partial charge in [0.1, 0.15) is 0 Å². The minimum absolute atomic E-state index is 0.0804. The van der Waals surface area contributed by atoms with Gasteiger partial charge in [-0.1, -0.05) is 18.7 Å². The minimum Gasteiger partial charge on any atom is -0.361 e. The molecule has 1 fully saturated rings. The van der Waals surface area contributed by atoms with Gasteiger partial charge in [-0.2, -0.15) is 0 Å². The highest BCUT2D eigenvalue weighted by atomic mass is 32.2. The van der Waals surface area contributed by atoms with Crippen LogP contribution in [-0.4, -0.2) is 42.9 Å². The summed E-state index contributed by atoms with van der Waals surface area (Å²) in [5, 5.41) is 4.74. The molecule has 15 heavy (non-hydrogen) atoms. The quantitative estimate of drug-likeness (QED) is 0.779. The summed E-state index contributed by atoms with van der Waals surface area (Å²) >= 11 is 1.74. The van der Waals surface area contributed by atoms with E-state index in [4.69, 9.17) is 0 Å². The fourth-order valence-electron chi connectivity index (χ4n) is 1.79. The molecule has 1 N–H and O–H groups in total. The number of sulfone groups is 1. The van der Waals surface area contributed by atoms with Gasteiger partial charge in [0.25, 0.3) is 0 Å². The summed E-state index contributed by atoms with van der Waals surface area (Å²) < 4.78 is 22.5. The third kappa shape index (κ3) is 2.87. The number of thioether (sulfide) groups is 1. The van der Waals surface area contributed by atoms with E-state index in [-0.39, 0.29) is 11.8 Å². The van der Waals surface area contributed by atoms with Crippen LogP contribution in [0.2, 0.25) is 0 Å². The van der Waals surface area contributed by atoms with Crippen LogP contribution in [0.4, 0.5) is 0 Å². The zero-order valence-electron chi connectivity index (χ0n) is 8.77. The van der Waals surface area contributed by atoms with Crippen molar-refractivity contribution in [1.29, 1.82) is 0 Å². The Balaban J connectivity index is 1.84. The Morgan fingerprint density at radius 2 is 2.40 bits per heavy atom. The molecule has 0 aromatic heterocycles. The first-order chi connectivity index (χ1) is 7.09. The van der Waals surface area contributed by atoms with Gasteiger partial charge in [-0.25, -0.2) is 8.42 Å². The lowest BCUT2D eigenvalue weighted by atomic mass is 10.3. The molecule has 2 rings (SSSR count). The molecule has 1 saturated heterocycles. The monoisotopic (exact) mass is 248 g/mol. The summed E-state index contributed by atoms with van der Waals surface area (Å²) in [4.78, 5) is 4.37. The highest BCUT2D eigenvalue weighted by Gasteiger charge is 2.29. The van der Waals surface area contributed by atoms with Crippen LogP contribution in [0.3, 0.4) is 0 Å². The van der Waals surface area contributed by atoms with Crippen molar-refractivity contribution in [3.8, 4) is 0 Å². The maximum atomic E-state index is 11.2. The minimum atomic E-state index is -2.78. The van der Waals surface area contributed by atoms with Gasteiger partial charge in [0.15, 0.2) is 15.0 Å². The average Bonchev–Trinajstić information content (AvgIpc) is 2.73. The van der Waals surface area contributed by atoms with Gasteiger partial charge in [-0.3, -0.25) is 4.99 Å². The van der Waals surface area contributed by atoms with Gasteiger partial charge in [0.2, 0.25) is 0 Å². The van der Waals surface area contributed by atoms with Crippen LogP contribution in [0, 0.1) is 0 Å². The van der Waals surface area contributed by atoms with E-state index in [1.807, 2.05) is 0 Å². The zero-order valence-corrected chi connectivity index (χ0v) is 10.4. The summed E-state index contributed by atoms with van der Waals surface area (Å²) in [6.45, 7) is 3.01. The summed E-state index contributed by atoms with van der Waals surface area (Å²) in [5.74, 6) is 0.586. The molecular weight excluding hydrogens is 232 g/mol. The second kappa shape index (κ2) is 4.33. The van der Waals surface area contributed by atoms with E-state index >= 15 is 0 Å². The van der Waals surface area contributed by atoms with E-state index in [1.165, 1.54) is 0 Å². The molecule has 0 bridgehead atoms. The number of aliphatic imine (C=N–C) groups is 1. The summed E-state index contributed by atoms with van der Waals surface area (Å²) in [5.41, 5.74) is 0. The summed E-state index contributed by atoms with van der Waals surface area (Å²) in [6.07, 6.45) is 1.83. The maximum absolute atomic E-state index is 11.2. The molecule has 0 aromatic rings. The number of nitrogens with zero attached hydrogens (tertiary/aromatic N) is 1. The second-order valence-corrected chi connectivity index (χ2v) is 7.56. The van der Waals surface area contributed by atoms with E-state index in [2.05, 4.69) is 17.2 Å². The highest BCUT2D eigenvalue weighted by Crippen LogP contribution is 2.23. The molecule has 0 amide bonds. The van der Waals surface area contributed by atoms with Gasteiger partial charge in [0.05, 0.1) is 18.1 Å². The zero-order chi connectivity index (χ0) is 10.9. The number of amidine groups is 1. The first kappa shape index (κ1) is 11.3. The van der Waals surface area contributed by atoms with E-state index in [1.54, 1.807) is 11.8 Å². The SMILES string of the molecule is CCC1CN=C(NC2CCS(=O)(=O)C2)S1. The third-order valence-corrected chi connectivity index (χ3v) is 5.79. The number of nitrogens with one attached hydrogen (secondary N) is 1. The van der Waals surface area contributed by atoms with Crippen molar-refractivity contribution in [3.05, 3.63) is 0 Å². The molecule has 2 aliphatic heterocycles. The Morgan fingerprint density at radius 1 is 1.60 bits per heavy atom. The van der Waals surface area contributed by atoms with E-state index in [9.17, 15) is 8.42 Å². The van der Waals surface area contributed by atoms with Gasteiger partial charge in [0, 0.05) is 11.3 Å². The lowest BCUT2D eigenvalue weighted by molar-refractivity contribution is 0.600. The first-order valence-electron chi connectivity index (χ1n) is 5.27. The normalized spacial score (nSPS) is 34.1. The van der Waals surface area contributed by atoms with Crippen LogP contribution < -0.4 is 5.32 Å². The van der Waals surface area contributed by atoms with E-state index in [0.717, 1.165) is 24.6 Å². The molecular formula is C9H16N2O2S2. The molecule has 2 atom stereocenters. The Bertz CT molecular complexity index is 364.